The maximum atomic E-state index is 13.1. The fraction of sp³-hybridized carbons (Fsp3) is 0.400. The highest BCUT2D eigenvalue weighted by Gasteiger charge is 2.42. The monoisotopic (exact) mass is 422 g/mol. The summed E-state index contributed by atoms with van der Waals surface area (Å²) in [6.45, 7) is 7.53. The molecule has 1 fully saturated rings. The van der Waals surface area contributed by atoms with Crippen molar-refractivity contribution in [3.63, 3.8) is 0 Å². The summed E-state index contributed by atoms with van der Waals surface area (Å²) in [4.78, 5) is 0.457. The van der Waals surface area contributed by atoms with E-state index < -0.39 is 32.1 Å². The van der Waals surface area contributed by atoms with Crippen LogP contribution in [0.3, 0.4) is 0 Å². The van der Waals surface area contributed by atoms with Crippen molar-refractivity contribution in [1.82, 2.24) is 8.61 Å². The minimum absolute atomic E-state index is 0.117. The van der Waals surface area contributed by atoms with Crippen LogP contribution < -0.4 is 0 Å². The molecule has 152 valence electrons. The zero-order chi connectivity index (χ0) is 20.7. The first kappa shape index (κ1) is 21.0. The van der Waals surface area contributed by atoms with Crippen molar-refractivity contribution in [2.75, 3.05) is 13.1 Å². The Morgan fingerprint density at radius 1 is 0.679 bits per heavy atom. The van der Waals surface area contributed by atoms with E-state index in [2.05, 4.69) is 0 Å². The number of aryl methyl sites for hydroxylation is 2. The first-order chi connectivity index (χ1) is 13.0. The molecule has 3 rings (SSSR count). The average Bonchev–Trinajstić information content (AvgIpc) is 2.61. The molecule has 0 saturated carbocycles. The molecule has 2 aromatic carbocycles. The van der Waals surface area contributed by atoms with Gasteiger partial charge in [0, 0.05) is 25.2 Å². The highest BCUT2D eigenvalue weighted by molar-refractivity contribution is 7.89. The predicted molar refractivity (Wildman–Crippen MR) is 109 cm³/mol. The smallest absolute Gasteiger partial charge is 0.207 e. The van der Waals surface area contributed by atoms with Crippen LogP contribution in [-0.4, -0.2) is 50.6 Å². The van der Waals surface area contributed by atoms with Crippen molar-refractivity contribution in [1.29, 1.82) is 0 Å². The molecule has 1 saturated heterocycles. The summed E-state index contributed by atoms with van der Waals surface area (Å²) < 4.78 is 55.1. The van der Waals surface area contributed by atoms with Crippen molar-refractivity contribution >= 4 is 20.0 Å². The van der Waals surface area contributed by atoms with Gasteiger partial charge in [-0.25, -0.2) is 16.8 Å². The molecule has 0 unspecified atom stereocenters. The molecule has 0 spiro atoms. The van der Waals surface area contributed by atoms with E-state index >= 15 is 0 Å². The Morgan fingerprint density at radius 3 is 1.43 bits per heavy atom. The second-order valence-electron chi connectivity index (χ2n) is 7.48. The third kappa shape index (κ3) is 3.87. The molecule has 0 N–H and O–H groups in total. The van der Waals surface area contributed by atoms with Crippen LogP contribution in [0.15, 0.2) is 58.3 Å². The number of hydrogen-bond acceptors (Lipinski definition) is 4. The van der Waals surface area contributed by atoms with Crippen LogP contribution in [0, 0.1) is 13.8 Å². The third-order valence-corrected chi connectivity index (χ3v) is 9.05. The van der Waals surface area contributed by atoms with Gasteiger partial charge in [0.2, 0.25) is 20.0 Å². The largest absolute Gasteiger partial charge is 0.243 e. The third-order valence-electron chi connectivity index (χ3n) is 5.06. The molecule has 0 aliphatic carbocycles. The lowest BCUT2D eigenvalue weighted by atomic mass is 10.2. The summed E-state index contributed by atoms with van der Waals surface area (Å²) in [5.74, 6) is 0. The van der Waals surface area contributed by atoms with E-state index in [1.54, 1.807) is 62.4 Å². The molecule has 0 amide bonds. The van der Waals surface area contributed by atoms with E-state index in [1.165, 1.54) is 8.61 Å². The lowest BCUT2D eigenvalue weighted by Crippen LogP contribution is -2.59. The zero-order valence-corrected chi connectivity index (χ0v) is 18.2. The zero-order valence-electron chi connectivity index (χ0n) is 16.5. The van der Waals surface area contributed by atoms with Gasteiger partial charge in [0.05, 0.1) is 9.79 Å². The number of nitrogens with zero attached hydrogens (tertiary/aromatic N) is 2. The Kier molecular flexibility index (Phi) is 5.69. The van der Waals surface area contributed by atoms with Gasteiger partial charge in [-0.1, -0.05) is 35.4 Å². The molecule has 0 bridgehead atoms. The molecule has 1 aliphatic heterocycles. The van der Waals surface area contributed by atoms with Gasteiger partial charge in [-0.2, -0.15) is 8.61 Å². The van der Waals surface area contributed by atoms with Gasteiger partial charge in [-0.15, -0.1) is 0 Å². The number of rotatable bonds is 4. The number of sulfonamides is 2. The van der Waals surface area contributed by atoms with Crippen molar-refractivity contribution in [2.45, 2.75) is 49.6 Å². The molecule has 0 aromatic heterocycles. The van der Waals surface area contributed by atoms with E-state index in [0.29, 0.717) is 0 Å². The lowest BCUT2D eigenvalue weighted by Gasteiger charge is -2.42. The van der Waals surface area contributed by atoms with Gasteiger partial charge in [0.25, 0.3) is 0 Å². The molecule has 2 atom stereocenters. The maximum Gasteiger partial charge on any atom is 0.243 e. The van der Waals surface area contributed by atoms with Crippen LogP contribution in [-0.2, 0) is 20.0 Å². The second kappa shape index (κ2) is 7.59. The van der Waals surface area contributed by atoms with Gasteiger partial charge >= 0.3 is 0 Å². The Labute approximate surface area is 167 Å². The van der Waals surface area contributed by atoms with E-state index in [0.717, 1.165) is 11.1 Å². The average molecular weight is 423 g/mol. The van der Waals surface area contributed by atoms with E-state index in [4.69, 9.17) is 0 Å². The summed E-state index contributed by atoms with van der Waals surface area (Å²) in [5, 5.41) is 0. The second-order valence-corrected chi connectivity index (χ2v) is 11.3. The number of benzene rings is 2. The highest BCUT2D eigenvalue weighted by atomic mass is 32.2. The fourth-order valence-electron chi connectivity index (χ4n) is 3.62. The van der Waals surface area contributed by atoms with Gasteiger partial charge in [0.15, 0.2) is 0 Å². The Hall–Kier alpha value is -1.74. The van der Waals surface area contributed by atoms with Crippen LogP contribution in [0.5, 0.6) is 0 Å². The number of hydrogen-bond donors (Lipinski definition) is 0. The lowest BCUT2D eigenvalue weighted by molar-refractivity contribution is 0.159. The van der Waals surface area contributed by atoms with Crippen LogP contribution in [0.2, 0.25) is 0 Å². The topological polar surface area (TPSA) is 74.8 Å². The normalized spacial score (nSPS) is 22.3. The van der Waals surface area contributed by atoms with E-state index in [-0.39, 0.29) is 22.9 Å². The first-order valence-corrected chi connectivity index (χ1v) is 12.1. The fourth-order valence-corrected chi connectivity index (χ4v) is 7.03. The Morgan fingerprint density at radius 2 is 1.04 bits per heavy atom. The van der Waals surface area contributed by atoms with Gasteiger partial charge < -0.3 is 0 Å². The molecular weight excluding hydrogens is 396 g/mol. The van der Waals surface area contributed by atoms with E-state index in [1.807, 2.05) is 13.8 Å². The molecule has 0 radical (unpaired) electrons. The molecule has 28 heavy (non-hydrogen) atoms. The summed E-state index contributed by atoms with van der Waals surface area (Å²) in [6.07, 6.45) is 0. The summed E-state index contributed by atoms with van der Waals surface area (Å²) in [6, 6.07) is 12.5. The van der Waals surface area contributed by atoms with Crippen molar-refractivity contribution in [2.24, 2.45) is 0 Å². The summed E-state index contributed by atoms with van der Waals surface area (Å²) in [7, 11) is -7.38. The van der Waals surface area contributed by atoms with Crippen LogP contribution in [0.1, 0.15) is 25.0 Å². The maximum absolute atomic E-state index is 13.1. The predicted octanol–water partition coefficient (Wildman–Crippen LogP) is 2.78. The summed E-state index contributed by atoms with van der Waals surface area (Å²) >= 11 is 0. The minimum Gasteiger partial charge on any atom is -0.207 e. The molecule has 1 aliphatic rings. The first-order valence-electron chi connectivity index (χ1n) is 9.20. The Balaban J connectivity index is 1.88. The highest BCUT2D eigenvalue weighted by Crippen LogP contribution is 2.28. The molecular formula is C20H26N2O4S2. The minimum atomic E-state index is -3.70. The van der Waals surface area contributed by atoms with Crippen molar-refractivity contribution in [3.05, 3.63) is 59.7 Å². The SMILES string of the molecule is Cc1ccc(S(=O)(=O)N2C[C@H](C)N(S(=O)(=O)c3ccc(C)cc3)[C@@H](C)C2)cc1. The van der Waals surface area contributed by atoms with Gasteiger partial charge in [-0.05, 0) is 52.0 Å². The molecule has 8 heteroatoms. The molecule has 1 heterocycles. The van der Waals surface area contributed by atoms with Crippen LogP contribution in [0.25, 0.3) is 0 Å². The van der Waals surface area contributed by atoms with E-state index in [9.17, 15) is 16.8 Å². The van der Waals surface area contributed by atoms with Crippen LogP contribution in [0.4, 0.5) is 0 Å². The quantitative estimate of drug-likeness (QED) is 0.759. The Bertz CT molecular complexity index is 1030. The standard InChI is InChI=1S/C20H26N2O4S2/c1-15-5-9-19(10-6-15)27(23,24)21-13-17(3)22(18(4)14-21)28(25,26)20-11-7-16(2)8-12-20/h5-12,17-18H,13-14H2,1-4H3/t17-,18-/m0/s1. The summed E-state index contributed by atoms with van der Waals surface area (Å²) in [5.41, 5.74) is 1.96. The van der Waals surface area contributed by atoms with Gasteiger partial charge in [-0.3, -0.25) is 0 Å². The molecule has 2 aromatic rings. The van der Waals surface area contributed by atoms with Gasteiger partial charge in [0.1, 0.15) is 0 Å². The van der Waals surface area contributed by atoms with Crippen molar-refractivity contribution < 1.29 is 16.8 Å². The molecule has 6 nitrogen and oxygen atoms in total. The number of piperazine rings is 1. The van der Waals surface area contributed by atoms with Crippen molar-refractivity contribution in [3.8, 4) is 0 Å². The van der Waals surface area contributed by atoms with Crippen LogP contribution >= 0.6 is 0 Å².